The molecule has 1 aliphatic heterocycles. The Morgan fingerprint density at radius 1 is 1.50 bits per heavy atom. The Morgan fingerprint density at radius 3 is 2.67 bits per heavy atom. The molecule has 1 heterocycles. The van der Waals surface area contributed by atoms with Crippen molar-refractivity contribution in [3.63, 3.8) is 0 Å². The number of nitrogens with one attached hydrogen (secondary N) is 1. The van der Waals surface area contributed by atoms with Crippen LogP contribution in [-0.2, 0) is 0 Å². The molecular weight excluding hydrogens is 155 g/mol. The van der Waals surface area contributed by atoms with Gasteiger partial charge in [0.15, 0.2) is 0 Å². The molecule has 1 fully saturated rings. The number of nitrogens with zero attached hydrogens (tertiary/aromatic N) is 1. The average Bonchev–Trinajstić information content (AvgIpc) is 2.08. The zero-order valence-electron chi connectivity index (χ0n) is 8.18. The largest absolute Gasteiger partial charge is 0.306 e. The van der Waals surface area contributed by atoms with Crippen molar-refractivity contribution in [1.82, 2.24) is 10.2 Å². The average molecular weight is 174 g/mol. The van der Waals surface area contributed by atoms with Gasteiger partial charge in [0, 0.05) is 18.6 Å². The van der Waals surface area contributed by atoms with Crippen molar-refractivity contribution in [1.29, 1.82) is 0 Å². The fourth-order valence-corrected chi connectivity index (χ4v) is 1.92. The summed E-state index contributed by atoms with van der Waals surface area (Å²) in [6, 6.07) is 0.770. The molecule has 72 valence electrons. The van der Waals surface area contributed by atoms with Crippen molar-refractivity contribution in [3.8, 4) is 0 Å². The lowest BCUT2D eigenvalue weighted by Crippen LogP contribution is -2.61. The third kappa shape index (κ3) is 1.96. The third-order valence-corrected chi connectivity index (χ3v) is 2.74. The Morgan fingerprint density at radius 2 is 2.17 bits per heavy atom. The summed E-state index contributed by atoms with van der Waals surface area (Å²) in [5.74, 6) is 0. The quantitative estimate of drug-likeness (QED) is 0.672. The molecule has 12 heavy (non-hydrogen) atoms. The lowest BCUT2D eigenvalue weighted by Gasteiger charge is -2.41. The van der Waals surface area contributed by atoms with Crippen molar-refractivity contribution in [2.75, 3.05) is 19.8 Å². The van der Waals surface area contributed by atoms with Crippen LogP contribution < -0.4 is 5.32 Å². The monoisotopic (exact) mass is 174 g/mol. The maximum Gasteiger partial charge on any atom is 0.106 e. The molecule has 1 rings (SSSR count). The van der Waals surface area contributed by atoms with Gasteiger partial charge in [0.05, 0.1) is 6.04 Å². The Labute approximate surface area is 74.1 Å². The minimum absolute atomic E-state index is 0.0219. The Bertz CT molecular complexity index is 126. The molecule has 0 amide bonds. The van der Waals surface area contributed by atoms with Gasteiger partial charge in [0.25, 0.3) is 0 Å². The first kappa shape index (κ1) is 9.93. The Balaban J connectivity index is 2.55. The van der Waals surface area contributed by atoms with Crippen LogP contribution in [0.4, 0.5) is 4.39 Å². The fourth-order valence-electron chi connectivity index (χ4n) is 1.92. The molecule has 2 nitrogen and oxygen atoms in total. The summed E-state index contributed by atoms with van der Waals surface area (Å²) < 4.78 is 12.5. The topological polar surface area (TPSA) is 15.3 Å². The fraction of sp³-hybridized carbons (Fsp3) is 1.00. The number of rotatable bonds is 2. The van der Waals surface area contributed by atoms with Crippen molar-refractivity contribution < 1.29 is 4.39 Å². The van der Waals surface area contributed by atoms with E-state index in [9.17, 15) is 4.39 Å². The molecule has 3 atom stereocenters. The third-order valence-electron chi connectivity index (χ3n) is 2.74. The van der Waals surface area contributed by atoms with Gasteiger partial charge < -0.3 is 5.32 Å². The second-order valence-corrected chi connectivity index (χ2v) is 3.66. The SMILES string of the molecule is CCN1C[C@H](C)N[C@@H](CF)[C@@H]1C. The highest BCUT2D eigenvalue weighted by molar-refractivity contribution is 4.89. The van der Waals surface area contributed by atoms with Gasteiger partial charge >= 0.3 is 0 Å². The first-order valence-electron chi connectivity index (χ1n) is 4.75. The van der Waals surface area contributed by atoms with Gasteiger partial charge in [-0.25, -0.2) is 4.39 Å². The van der Waals surface area contributed by atoms with Gasteiger partial charge in [-0.2, -0.15) is 0 Å². The summed E-state index contributed by atoms with van der Waals surface area (Å²) in [5, 5.41) is 3.26. The smallest absolute Gasteiger partial charge is 0.106 e. The van der Waals surface area contributed by atoms with Gasteiger partial charge in [-0.05, 0) is 20.4 Å². The molecular formula is C9H19FN2. The molecule has 0 saturated carbocycles. The van der Waals surface area contributed by atoms with E-state index < -0.39 is 0 Å². The predicted molar refractivity (Wildman–Crippen MR) is 49.1 cm³/mol. The first-order chi connectivity index (χ1) is 5.69. The molecule has 0 bridgehead atoms. The summed E-state index contributed by atoms with van der Waals surface area (Å²) in [5.41, 5.74) is 0. The summed E-state index contributed by atoms with van der Waals surface area (Å²) in [7, 11) is 0. The summed E-state index contributed by atoms with van der Waals surface area (Å²) in [6.45, 7) is 8.12. The number of piperazine rings is 1. The van der Waals surface area contributed by atoms with E-state index in [1.54, 1.807) is 0 Å². The van der Waals surface area contributed by atoms with Gasteiger partial charge in [0.1, 0.15) is 6.67 Å². The highest BCUT2D eigenvalue weighted by Crippen LogP contribution is 2.12. The second-order valence-electron chi connectivity index (χ2n) is 3.66. The molecule has 0 aromatic heterocycles. The molecule has 0 aliphatic carbocycles. The zero-order chi connectivity index (χ0) is 9.14. The van der Waals surface area contributed by atoms with E-state index in [1.807, 2.05) is 0 Å². The predicted octanol–water partition coefficient (Wildman–Crippen LogP) is 1.03. The molecule has 0 unspecified atom stereocenters. The molecule has 0 aromatic carbocycles. The van der Waals surface area contributed by atoms with E-state index in [2.05, 4.69) is 31.0 Å². The number of hydrogen-bond donors (Lipinski definition) is 1. The van der Waals surface area contributed by atoms with E-state index in [4.69, 9.17) is 0 Å². The van der Waals surface area contributed by atoms with Gasteiger partial charge in [0.2, 0.25) is 0 Å². The summed E-state index contributed by atoms with van der Waals surface area (Å²) >= 11 is 0. The van der Waals surface area contributed by atoms with Crippen LogP contribution in [0.25, 0.3) is 0 Å². The van der Waals surface area contributed by atoms with Crippen LogP contribution in [0.1, 0.15) is 20.8 Å². The van der Waals surface area contributed by atoms with E-state index in [0.29, 0.717) is 12.1 Å². The summed E-state index contributed by atoms with van der Waals surface area (Å²) in [4.78, 5) is 2.32. The van der Waals surface area contributed by atoms with E-state index in [1.165, 1.54) is 0 Å². The van der Waals surface area contributed by atoms with Crippen LogP contribution in [0.3, 0.4) is 0 Å². The van der Waals surface area contributed by atoms with E-state index in [0.717, 1.165) is 13.1 Å². The minimum Gasteiger partial charge on any atom is -0.306 e. The standard InChI is InChI=1S/C9H19FN2/c1-4-12-6-7(2)11-9(5-10)8(12)3/h7-9,11H,4-6H2,1-3H3/t7-,8-,9-/m0/s1. The molecule has 1 saturated heterocycles. The van der Waals surface area contributed by atoms with Crippen LogP contribution in [0.15, 0.2) is 0 Å². The van der Waals surface area contributed by atoms with Crippen molar-refractivity contribution in [2.24, 2.45) is 0 Å². The van der Waals surface area contributed by atoms with Gasteiger partial charge in [-0.1, -0.05) is 6.92 Å². The maximum absolute atomic E-state index is 12.5. The zero-order valence-corrected chi connectivity index (χ0v) is 8.18. The van der Waals surface area contributed by atoms with Gasteiger partial charge in [-0.3, -0.25) is 4.90 Å². The van der Waals surface area contributed by atoms with Crippen LogP contribution in [0.2, 0.25) is 0 Å². The van der Waals surface area contributed by atoms with Crippen molar-refractivity contribution in [3.05, 3.63) is 0 Å². The molecule has 0 aromatic rings. The molecule has 0 spiro atoms. The van der Waals surface area contributed by atoms with Crippen LogP contribution in [0.5, 0.6) is 0 Å². The van der Waals surface area contributed by atoms with Crippen LogP contribution in [0, 0.1) is 0 Å². The van der Waals surface area contributed by atoms with Crippen molar-refractivity contribution in [2.45, 2.75) is 38.9 Å². The highest BCUT2D eigenvalue weighted by Gasteiger charge is 2.29. The van der Waals surface area contributed by atoms with Crippen LogP contribution >= 0.6 is 0 Å². The molecule has 3 heteroatoms. The van der Waals surface area contributed by atoms with E-state index >= 15 is 0 Å². The summed E-state index contributed by atoms with van der Waals surface area (Å²) in [6.07, 6.45) is 0. The Kier molecular flexibility index (Phi) is 3.47. The van der Waals surface area contributed by atoms with Crippen molar-refractivity contribution >= 4 is 0 Å². The number of hydrogen-bond acceptors (Lipinski definition) is 2. The number of halogens is 1. The minimum atomic E-state index is -0.262. The normalized spacial score (nSPS) is 38.5. The lowest BCUT2D eigenvalue weighted by atomic mass is 10.0. The second kappa shape index (κ2) is 4.19. The van der Waals surface area contributed by atoms with Crippen LogP contribution in [-0.4, -0.2) is 42.8 Å². The maximum atomic E-state index is 12.5. The number of likely N-dealkylation sites (N-methyl/N-ethyl adjacent to an activating group) is 1. The van der Waals surface area contributed by atoms with E-state index in [-0.39, 0.29) is 12.7 Å². The molecule has 0 radical (unpaired) electrons. The highest BCUT2D eigenvalue weighted by atomic mass is 19.1. The molecule has 1 N–H and O–H groups in total. The molecule has 1 aliphatic rings. The first-order valence-corrected chi connectivity index (χ1v) is 4.75. The Hall–Kier alpha value is -0.150. The lowest BCUT2D eigenvalue weighted by molar-refractivity contribution is 0.0976. The van der Waals surface area contributed by atoms with Gasteiger partial charge in [-0.15, -0.1) is 0 Å². The number of alkyl halides is 1.